The molecule has 1 aromatic carbocycles. The van der Waals surface area contributed by atoms with Gasteiger partial charge in [0.25, 0.3) is 5.91 Å². The van der Waals surface area contributed by atoms with Crippen molar-refractivity contribution in [2.24, 2.45) is 0 Å². The number of likely N-dealkylation sites (tertiary alicyclic amines) is 1. The predicted molar refractivity (Wildman–Crippen MR) is 100 cm³/mol. The lowest BCUT2D eigenvalue weighted by molar-refractivity contribution is 0.0706. The molecular weight excluding hydrogens is 367 g/mol. The van der Waals surface area contributed by atoms with Crippen molar-refractivity contribution in [2.45, 2.75) is 18.8 Å². The van der Waals surface area contributed by atoms with Gasteiger partial charge in [-0.2, -0.15) is 0 Å². The fraction of sp³-hybridized carbons (Fsp3) is 0.263. The monoisotopic (exact) mass is 384 g/mol. The Hall–Kier alpha value is -2.87. The number of aromatic amines is 1. The Balaban J connectivity index is 1.52. The molecule has 4 rings (SSSR count). The molecule has 1 unspecified atom stereocenters. The molecule has 2 aromatic heterocycles. The van der Waals surface area contributed by atoms with Crippen molar-refractivity contribution < 1.29 is 9.18 Å². The number of carbonyl (C=O) groups excluding carboxylic acids is 1. The lowest BCUT2D eigenvalue weighted by Crippen LogP contribution is -2.39. The molecule has 1 amide bonds. The molecular formula is C19H17FN4O2S. The molecule has 1 aliphatic heterocycles. The van der Waals surface area contributed by atoms with Crippen LogP contribution in [-0.2, 0) is 0 Å². The topological polar surface area (TPSA) is 79.0 Å². The molecule has 0 saturated carbocycles. The van der Waals surface area contributed by atoms with Crippen molar-refractivity contribution in [1.29, 1.82) is 0 Å². The van der Waals surface area contributed by atoms with Crippen LogP contribution in [0.25, 0.3) is 10.6 Å². The van der Waals surface area contributed by atoms with Gasteiger partial charge in [-0.3, -0.25) is 9.59 Å². The Labute approximate surface area is 158 Å². The van der Waals surface area contributed by atoms with Gasteiger partial charge in [0.15, 0.2) is 5.01 Å². The first-order chi connectivity index (χ1) is 13.1. The Morgan fingerprint density at radius 1 is 1.22 bits per heavy atom. The minimum absolute atomic E-state index is 0.0727. The van der Waals surface area contributed by atoms with Crippen LogP contribution in [-0.4, -0.2) is 39.1 Å². The highest BCUT2D eigenvalue weighted by atomic mass is 32.1. The summed E-state index contributed by atoms with van der Waals surface area (Å²) in [5, 5.41) is 9.76. The quantitative estimate of drug-likeness (QED) is 0.753. The summed E-state index contributed by atoms with van der Waals surface area (Å²) in [5.41, 5.74) is 0.662. The van der Waals surface area contributed by atoms with Crippen molar-refractivity contribution in [3.05, 3.63) is 69.3 Å². The van der Waals surface area contributed by atoms with Gasteiger partial charge in [0.05, 0.1) is 5.56 Å². The standard InChI is InChI=1S/C19H17FN4O2S/c20-15-6-2-1-5-14(15)18-23-22-17(27-18)13-4-3-9-24(11-13)19(26)12-7-8-16(25)21-10-12/h1-2,5-8,10,13H,3-4,9,11H2,(H,21,25). The summed E-state index contributed by atoms with van der Waals surface area (Å²) in [6, 6.07) is 9.38. The van der Waals surface area contributed by atoms with Crippen molar-refractivity contribution in [3.8, 4) is 10.6 Å². The number of hydrogen-bond acceptors (Lipinski definition) is 5. The number of carbonyl (C=O) groups is 1. The van der Waals surface area contributed by atoms with E-state index in [4.69, 9.17) is 0 Å². The Morgan fingerprint density at radius 2 is 2.07 bits per heavy atom. The summed E-state index contributed by atoms with van der Waals surface area (Å²) < 4.78 is 14.0. The van der Waals surface area contributed by atoms with Crippen LogP contribution in [0.2, 0.25) is 0 Å². The van der Waals surface area contributed by atoms with E-state index in [1.807, 2.05) is 0 Å². The smallest absolute Gasteiger partial charge is 0.255 e. The van der Waals surface area contributed by atoms with Crippen molar-refractivity contribution in [2.75, 3.05) is 13.1 Å². The number of nitrogens with one attached hydrogen (secondary N) is 1. The second kappa shape index (κ2) is 7.40. The van der Waals surface area contributed by atoms with Crippen LogP contribution in [0.5, 0.6) is 0 Å². The van der Waals surface area contributed by atoms with Crippen molar-refractivity contribution in [3.63, 3.8) is 0 Å². The number of H-pyrrole nitrogens is 1. The molecule has 27 heavy (non-hydrogen) atoms. The average molecular weight is 384 g/mol. The second-order valence-electron chi connectivity index (χ2n) is 6.46. The number of hydrogen-bond donors (Lipinski definition) is 1. The van der Waals surface area contributed by atoms with Crippen LogP contribution in [0.3, 0.4) is 0 Å². The lowest BCUT2D eigenvalue weighted by atomic mass is 9.98. The number of pyridine rings is 1. The first-order valence-electron chi connectivity index (χ1n) is 8.68. The van der Waals surface area contributed by atoms with E-state index in [9.17, 15) is 14.0 Å². The van der Waals surface area contributed by atoms with E-state index >= 15 is 0 Å². The summed E-state index contributed by atoms with van der Waals surface area (Å²) in [7, 11) is 0. The van der Waals surface area contributed by atoms with Crippen LogP contribution >= 0.6 is 11.3 Å². The van der Waals surface area contributed by atoms with Gasteiger partial charge in [0, 0.05) is 36.8 Å². The third kappa shape index (κ3) is 3.66. The van der Waals surface area contributed by atoms with E-state index in [-0.39, 0.29) is 23.2 Å². The number of piperidine rings is 1. The number of aromatic nitrogens is 3. The maximum absolute atomic E-state index is 14.0. The fourth-order valence-electron chi connectivity index (χ4n) is 3.23. The van der Waals surface area contributed by atoms with Gasteiger partial charge in [-0.1, -0.05) is 23.5 Å². The summed E-state index contributed by atoms with van der Waals surface area (Å²) in [5.74, 6) is -0.364. The molecule has 6 nitrogen and oxygen atoms in total. The zero-order valence-corrected chi connectivity index (χ0v) is 15.2. The molecule has 1 fully saturated rings. The molecule has 3 heterocycles. The molecule has 0 aliphatic carbocycles. The van der Waals surface area contributed by atoms with Gasteiger partial charge in [-0.05, 0) is 31.0 Å². The molecule has 1 N–H and O–H groups in total. The summed E-state index contributed by atoms with van der Waals surface area (Å²) in [6.07, 6.45) is 3.20. The van der Waals surface area contributed by atoms with Crippen LogP contribution in [0.4, 0.5) is 4.39 Å². The van der Waals surface area contributed by atoms with Crippen LogP contribution in [0.1, 0.15) is 34.1 Å². The maximum atomic E-state index is 14.0. The SMILES string of the molecule is O=C(c1ccc(=O)[nH]c1)N1CCCC(c2nnc(-c3ccccc3F)s2)C1. The molecule has 0 bridgehead atoms. The van der Waals surface area contributed by atoms with Crippen molar-refractivity contribution in [1.82, 2.24) is 20.1 Å². The van der Waals surface area contributed by atoms with Gasteiger partial charge in [0.1, 0.15) is 10.8 Å². The van der Waals surface area contributed by atoms with E-state index in [0.29, 0.717) is 29.2 Å². The zero-order chi connectivity index (χ0) is 18.8. The molecule has 8 heteroatoms. The Morgan fingerprint density at radius 3 is 2.85 bits per heavy atom. The number of nitrogens with zero attached hydrogens (tertiary/aromatic N) is 3. The first-order valence-corrected chi connectivity index (χ1v) is 9.50. The molecule has 138 valence electrons. The van der Waals surface area contributed by atoms with E-state index < -0.39 is 0 Å². The summed E-state index contributed by atoms with van der Waals surface area (Å²) in [4.78, 5) is 28.2. The highest BCUT2D eigenvalue weighted by molar-refractivity contribution is 7.14. The molecule has 1 aliphatic rings. The highest BCUT2D eigenvalue weighted by Gasteiger charge is 2.28. The Bertz CT molecular complexity index is 1010. The van der Waals surface area contributed by atoms with E-state index in [1.54, 1.807) is 23.1 Å². The summed E-state index contributed by atoms with van der Waals surface area (Å²) in [6.45, 7) is 1.19. The zero-order valence-electron chi connectivity index (χ0n) is 14.4. The lowest BCUT2D eigenvalue weighted by Gasteiger charge is -2.31. The van der Waals surface area contributed by atoms with Gasteiger partial charge >= 0.3 is 0 Å². The third-order valence-electron chi connectivity index (χ3n) is 4.63. The summed E-state index contributed by atoms with van der Waals surface area (Å²) >= 11 is 1.37. The van der Waals surface area contributed by atoms with Crippen molar-refractivity contribution >= 4 is 17.2 Å². The van der Waals surface area contributed by atoms with E-state index in [2.05, 4.69) is 15.2 Å². The maximum Gasteiger partial charge on any atom is 0.255 e. The number of halogens is 1. The van der Waals surface area contributed by atoms with Gasteiger partial charge in [0.2, 0.25) is 5.56 Å². The molecule has 3 aromatic rings. The first kappa shape index (κ1) is 17.5. The van der Waals surface area contributed by atoms with E-state index in [0.717, 1.165) is 17.8 Å². The Kier molecular flexibility index (Phi) is 4.81. The average Bonchev–Trinajstić information content (AvgIpc) is 3.18. The number of amides is 1. The minimum Gasteiger partial charge on any atom is -0.338 e. The fourth-order valence-corrected chi connectivity index (χ4v) is 4.23. The molecule has 1 atom stereocenters. The minimum atomic E-state index is -0.321. The second-order valence-corrected chi connectivity index (χ2v) is 7.47. The number of rotatable bonds is 3. The molecule has 0 spiro atoms. The van der Waals surface area contributed by atoms with Gasteiger partial charge < -0.3 is 9.88 Å². The largest absolute Gasteiger partial charge is 0.338 e. The van der Waals surface area contributed by atoms with Gasteiger partial charge in [-0.25, -0.2) is 4.39 Å². The number of benzene rings is 1. The van der Waals surface area contributed by atoms with E-state index in [1.165, 1.54) is 35.7 Å². The predicted octanol–water partition coefficient (Wildman–Crippen LogP) is 3.05. The highest BCUT2D eigenvalue weighted by Crippen LogP contribution is 2.33. The molecule has 1 saturated heterocycles. The van der Waals surface area contributed by atoms with Crippen LogP contribution in [0.15, 0.2) is 47.4 Å². The molecule has 0 radical (unpaired) electrons. The van der Waals surface area contributed by atoms with Gasteiger partial charge in [-0.15, -0.1) is 10.2 Å². The normalized spacial score (nSPS) is 17.1. The van der Waals surface area contributed by atoms with Crippen LogP contribution < -0.4 is 5.56 Å². The third-order valence-corrected chi connectivity index (χ3v) is 5.75. The van der Waals surface area contributed by atoms with Crippen LogP contribution in [0, 0.1) is 5.82 Å².